The van der Waals surface area contributed by atoms with Crippen molar-refractivity contribution >= 4 is 17.4 Å². The largest absolute Gasteiger partial charge is 0.369 e. The molecule has 1 aromatic heterocycles. The average molecular weight is 342 g/mol. The van der Waals surface area contributed by atoms with Gasteiger partial charge in [-0.05, 0) is 38.0 Å². The second-order valence-corrected chi connectivity index (χ2v) is 6.60. The second kappa shape index (κ2) is 7.70. The molecule has 1 fully saturated rings. The molecule has 0 saturated carbocycles. The molecule has 0 aliphatic carbocycles. The maximum atomic E-state index is 12.6. The van der Waals surface area contributed by atoms with Crippen LogP contribution in [0.1, 0.15) is 24.7 Å². The Balaban J connectivity index is 1.59. The van der Waals surface area contributed by atoms with Crippen LogP contribution in [0.4, 0.5) is 11.5 Å². The molecule has 2 heterocycles. The maximum Gasteiger partial charge on any atom is 0.242 e. The number of nitrogens with one attached hydrogen (secondary N) is 1. The van der Waals surface area contributed by atoms with Crippen LogP contribution in [0.5, 0.6) is 0 Å². The first-order valence-corrected chi connectivity index (χ1v) is 8.86. The molecule has 1 N–H and O–H groups in total. The number of benzene rings is 1. The molecule has 1 aliphatic rings. The highest BCUT2D eigenvalue weighted by molar-refractivity contribution is 5.94. The Labute approximate surface area is 148 Å². The van der Waals surface area contributed by atoms with Crippen LogP contribution in [0.2, 0.25) is 0 Å². The minimum absolute atomic E-state index is 0.0141. The summed E-state index contributed by atoms with van der Waals surface area (Å²) in [7, 11) is 0. The van der Waals surface area contributed by atoms with E-state index < -0.39 is 0 Å². The van der Waals surface area contributed by atoms with Gasteiger partial charge in [0.25, 0.3) is 0 Å². The van der Waals surface area contributed by atoms with E-state index in [2.05, 4.69) is 51.5 Å². The van der Waals surface area contributed by atoms with E-state index in [4.69, 9.17) is 4.52 Å². The molecular formula is C19H26N4O2. The lowest BCUT2D eigenvalue weighted by Gasteiger charge is -2.39. The monoisotopic (exact) mass is 342 g/mol. The van der Waals surface area contributed by atoms with Gasteiger partial charge in [0.1, 0.15) is 5.76 Å². The highest BCUT2D eigenvalue weighted by Gasteiger charge is 2.28. The summed E-state index contributed by atoms with van der Waals surface area (Å²) in [5.74, 6) is 1.16. The van der Waals surface area contributed by atoms with E-state index in [1.807, 2.05) is 13.8 Å². The third kappa shape index (κ3) is 4.20. The first-order chi connectivity index (χ1) is 12.1. The summed E-state index contributed by atoms with van der Waals surface area (Å²) in [4.78, 5) is 17.2. The third-order valence-electron chi connectivity index (χ3n) is 4.69. The first-order valence-electron chi connectivity index (χ1n) is 8.86. The number of aryl methyl sites for hydroxylation is 2. The summed E-state index contributed by atoms with van der Waals surface area (Å²) in [6.07, 6.45) is 0.771. The van der Waals surface area contributed by atoms with E-state index in [0.29, 0.717) is 11.6 Å². The van der Waals surface area contributed by atoms with Gasteiger partial charge in [-0.15, -0.1) is 0 Å². The van der Waals surface area contributed by atoms with Gasteiger partial charge < -0.3 is 14.7 Å². The van der Waals surface area contributed by atoms with E-state index in [1.165, 1.54) is 11.3 Å². The fourth-order valence-corrected chi connectivity index (χ4v) is 3.36. The third-order valence-corrected chi connectivity index (χ3v) is 4.69. The Morgan fingerprint density at radius 2 is 2.00 bits per heavy atom. The van der Waals surface area contributed by atoms with Crippen LogP contribution in [0.25, 0.3) is 0 Å². The van der Waals surface area contributed by atoms with Crippen molar-refractivity contribution in [1.29, 1.82) is 0 Å². The van der Waals surface area contributed by atoms with Crippen molar-refractivity contribution < 1.29 is 9.32 Å². The SMILES string of the molecule is CC[C@@H](C(=O)Nc1cc(C)on1)N1CCN(c2cccc(C)c2)CC1. The number of anilines is 2. The Bertz CT molecular complexity index is 720. The Morgan fingerprint density at radius 3 is 2.60 bits per heavy atom. The number of hydrogen-bond acceptors (Lipinski definition) is 5. The zero-order valence-corrected chi connectivity index (χ0v) is 15.2. The second-order valence-electron chi connectivity index (χ2n) is 6.60. The van der Waals surface area contributed by atoms with Gasteiger partial charge in [-0.1, -0.05) is 24.2 Å². The van der Waals surface area contributed by atoms with Crippen molar-refractivity contribution in [2.75, 3.05) is 36.4 Å². The molecule has 1 amide bonds. The number of carbonyl (C=O) groups is 1. The molecule has 1 saturated heterocycles. The summed E-state index contributed by atoms with van der Waals surface area (Å²) in [6.45, 7) is 9.57. The summed E-state index contributed by atoms with van der Waals surface area (Å²) < 4.78 is 5.01. The maximum absolute atomic E-state index is 12.6. The van der Waals surface area contributed by atoms with Crippen molar-refractivity contribution in [1.82, 2.24) is 10.1 Å². The number of aromatic nitrogens is 1. The minimum atomic E-state index is -0.142. The topological polar surface area (TPSA) is 61.6 Å². The molecule has 3 rings (SSSR count). The zero-order chi connectivity index (χ0) is 17.8. The fourth-order valence-electron chi connectivity index (χ4n) is 3.36. The Hall–Kier alpha value is -2.34. The van der Waals surface area contributed by atoms with E-state index >= 15 is 0 Å². The predicted octanol–water partition coefficient (Wildman–Crippen LogP) is 2.83. The molecular weight excluding hydrogens is 316 g/mol. The summed E-state index contributed by atoms with van der Waals surface area (Å²) in [6, 6.07) is 10.2. The van der Waals surface area contributed by atoms with E-state index in [1.54, 1.807) is 6.07 Å². The van der Waals surface area contributed by atoms with Crippen molar-refractivity contribution in [3.63, 3.8) is 0 Å². The van der Waals surface area contributed by atoms with Crippen molar-refractivity contribution in [3.8, 4) is 0 Å². The van der Waals surface area contributed by atoms with Gasteiger partial charge in [-0.3, -0.25) is 9.69 Å². The lowest BCUT2D eigenvalue weighted by atomic mass is 10.1. The van der Waals surface area contributed by atoms with Crippen LogP contribution >= 0.6 is 0 Å². The van der Waals surface area contributed by atoms with E-state index in [0.717, 1.165) is 32.6 Å². The predicted molar refractivity (Wildman–Crippen MR) is 98.9 cm³/mol. The van der Waals surface area contributed by atoms with Gasteiger partial charge in [0.05, 0.1) is 6.04 Å². The highest BCUT2D eigenvalue weighted by Crippen LogP contribution is 2.20. The molecule has 2 aromatic rings. The molecule has 6 heteroatoms. The minimum Gasteiger partial charge on any atom is -0.369 e. The molecule has 1 aromatic carbocycles. The number of rotatable bonds is 5. The molecule has 0 unspecified atom stereocenters. The summed E-state index contributed by atoms with van der Waals surface area (Å²) in [5, 5.41) is 6.71. The number of piperazine rings is 1. The Morgan fingerprint density at radius 1 is 1.24 bits per heavy atom. The number of hydrogen-bond donors (Lipinski definition) is 1. The quantitative estimate of drug-likeness (QED) is 0.905. The van der Waals surface area contributed by atoms with Crippen LogP contribution in [-0.4, -0.2) is 48.2 Å². The first kappa shape index (κ1) is 17.5. The highest BCUT2D eigenvalue weighted by atomic mass is 16.5. The molecule has 134 valence electrons. The van der Waals surface area contributed by atoms with Crippen LogP contribution in [0.3, 0.4) is 0 Å². The number of nitrogens with zero attached hydrogens (tertiary/aromatic N) is 3. The van der Waals surface area contributed by atoms with Gasteiger partial charge in [-0.25, -0.2) is 0 Å². The summed E-state index contributed by atoms with van der Waals surface area (Å²) in [5.41, 5.74) is 2.53. The van der Waals surface area contributed by atoms with Crippen LogP contribution < -0.4 is 10.2 Å². The van der Waals surface area contributed by atoms with Gasteiger partial charge >= 0.3 is 0 Å². The van der Waals surface area contributed by atoms with E-state index in [-0.39, 0.29) is 11.9 Å². The van der Waals surface area contributed by atoms with Crippen LogP contribution in [0, 0.1) is 13.8 Å². The standard InChI is InChI=1S/C19H26N4O2/c1-4-17(19(24)20-18-13-15(3)25-21-18)23-10-8-22(9-11-23)16-7-5-6-14(2)12-16/h5-7,12-13,17H,4,8-11H2,1-3H3,(H,20,21,24)/t17-/m0/s1. The molecule has 1 aliphatic heterocycles. The number of carbonyl (C=O) groups excluding carboxylic acids is 1. The normalized spacial score (nSPS) is 16.7. The Kier molecular flexibility index (Phi) is 5.38. The molecule has 0 bridgehead atoms. The van der Waals surface area contributed by atoms with E-state index in [9.17, 15) is 4.79 Å². The molecule has 25 heavy (non-hydrogen) atoms. The summed E-state index contributed by atoms with van der Waals surface area (Å²) >= 11 is 0. The molecule has 1 atom stereocenters. The van der Waals surface area contributed by atoms with Gasteiger partial charge in [-0.2, -0.15) is 0 Å². The van der Waals surface area contributed by atoms with Crippen LogP contribution in [0.15, 0.2) is 34.9 Å². The average Bonchev–Trinajstić information content (AvgIpc) is 3.01. The van der Waals surface area contributed by atoms with Crippen molar-refractivity contribution in [2.24, 2.45) is 0 Å². The molecule has 0 radical (unpaired) electrons. The zero-order valence-electron chi connectivity index (χ0n) is 15.2. The molecule has 6 nitrogen and oxygen atoms in total. The smallest absolute Gasteiger partial charge is 0.242 e. The van der Waals surface area contributed by atoms with Crippen molar-refractivity contribution in [3.05, 3.63) is 41.7 Å². The van der Waals surface area contributed by atoms with Gasteiger partial charge in [0.2, 0.25) is 5.91 Å². The molecule has 0 spiro atoms. The van der Waals surface area contributed by atoms with Gasteiger partial charge in [0.15, 0.2) is 5.82 Å². The van der Waals surface area contributed by atoms with Crippen LogP contribution in [-0.2, 0) is 4.79 Å². The lowest BCUT2D eigenvalue weighted by molar-refractivity contribution is -0.121. The van der Waals surface area contributed by atoms with Crippen molar-refractivity contribution in [2.45, 2.75) is 33.2 Å². The van der Waals surface area contributed by atoms with Gasteiger partial charge in [0, 0.05) is 37.9 Å². The lowest BCUT2D eigenvalue weighted by Crippen LogP contribution is -2.53. The number of amides is 1. The fraction of sp³-hybridized carbons (Fsp3) is 0.474.